The van der Waals surface area contributed by atoms with Crippen LogP contribution in [0.4, 0.5) is 4.79 Å². The summed E-state index contributed by atoms with van der Waals surface area (Å²) in [6.07, 6.45) is 3.18. The van der Waals surface area contributed by atoms with E-state index in [4.69, 9.17) is 4.74 Å². The zero-order valence-electron chi connectivity index (χ0n) is 14.9. The van der Waals surface area contributed by atoms with Crippen LogP contribution >= 0.6 is 0 Å². The van der Waals surface area contributed by atoms with Gasteiger partial charge in [0.1, 0.15) is 6.10 Å². The van der Waals surface area contributed by atoms with Crippen LogP contribution in [-0.2, 0) is 9.53 Å². The summed E-state index contributed by atoms with van der Waals surface area (Å²) in [7, 11) is 1.87. The number of likely N-dealkylation sites (N-methyl/N-ethyl adjacent to an activating group) is 1. The molecule has 6 nitrogen and oxygen atoms in total. The predicted molar refractivity (Wildman–Crippen MR) is 89.2 cm³/mol. The molecule has 2 atom stereocenters. The highest BCUT2D eigenvalue weighted by Crippen LogP contribution is 2.21. The van der Waals surface area contributed by atoms with Gasteiger partial charge in [0, 0.05) is 32.7 Å². The molecule has 2 heterocycles. The molecule has 2 rings (SSSR count). The van der Waals surface area contributed by atoms with E-state index in [1.165, 1.54) is 0 Å². The third-order valence-corrected chi connectivity index (χ3v) is 4.80. The maximum absolute atomic E-state index is 12.1. The van der Waals surface area contributed by atoms with Crippen molar-refractivity contribution >= 4 is 12.0 Å². The van der Waals surface area contributed by atoms with E-state index in [-0.39, 0.29) is 30.2 Å². The van der Waals surface area contributed by atoms with E-state index in [2.05, 4.69) is 24.1 Å². The van der Waals surface area contributed by atoms with Crippen molar-refractivity contribution in [2.75, 3.05) is 26.7 Å². The molecule has 6 heteroatoms. The number of carbonyl (C=O) groups excluding carboxylic acids is 2. The van der Waals surface area contributed by atoms with Gasteiger partial charge in [0.05, 0.1) is 6.04 Å². The van der Waals surface area contributed by atoms with Gasteiger partial charge in [0.15, 0.2) is 0 Å². The second-order valence-electron chi connectivity index (χ2n) is 7.36. The third-order valence-electron chi connectivity index (χ3n) is 4.80. The third kappa shape index (κ3) is 5.09. The quantitative estimate of drug-likeness (QED) is 0.838. The number of rotatable bonds is 5. The number of nitrogens with zero attached hydrogens (tertiary/aromatic N) is 2. The molecule has 0 aromatic rings. The Hall–Kier alpha value is -1.30. The van der Waals surface area contributed by atoms with E-state index < -0.39 is 0 Å². The smallest absolute Gasteiger partial charge is 0.407 e. The molecule has 2 amide bonds. The SMILES string of the molecule is CC(C)CC(C)OC(=O)NC1CCN(C2CCN(C)C2=O)CC1. The Bertz CT molecular complexity index is 419. The van der Waals surface area contributed by atoms with Crippen LogP contribution in [0.5, 0.6) is 0 Å². The van der Waals surface area contributed by atoms with Crippen LogP contribution in [-0.4, -0.2) is 66.7 Å². The first-order chi connectivity index (χ1) is 10.9. The molecule has 2 fully saturated rings. The van der Waals surface area contributed by atoms with E-state index in [0.717, 1.165) is 45.3 Å². The Kier molecular flexibility index (Phi) is 6.27. The largest absolute Gasteiger partial charge is 0.447 e. The highest BCUT2D eigenvalue weighted by Gasteiger charge is 2.35. The Morgan fingerprint density at radius 2 is 1.87 bits per heavy atom. The van der Waals surface area contributed by atoms with Crippen molar-refractivity contribution in [2.24, 2.45) is 5.92 Å². The number of hydrogen-bond donors (Lipinski definition) is 1. The van der Waals surface area contributed by atoms with Gasteiger partial charge in [-0.2, -0.15) is 0 Å². The first-order valence-electron chi connectivity index (χ1n) is 8.83. The van der Waals surface area contributed by atoms with E-state index >= 15 is 0 Å². The van der Waals surface area contributed by atoms with Crippen LogP contribution in [0.15, 0.2) is 0 Å². The molecule has 2 aliphatic heterocycles. The van der Waals surface area contributed by atoms with Crippen LogP contribution < -0.4 is 5.32 Å². The van der Waals surface area contributed by atoms with Gasteiger partial charge in [-0.15, -0.1) is 0 Å². The maximum Gasteiger partial charge on any atom is 0.407 e. The summed E-state index contributed by atoms with van der Waals surface area (Å²) in [5.74, 6) is 0.751. The number of piperidine rings is 1. The Morgan fingerprint density at radius 3 is 2.39 bits per heavy atom. The minimum Gasteiger partial charge on any atom is -0.447 e. The number of carbonyl (C=O) groups is 2. The van der Waals surface area contributed by atoms with E-state index in [9.17, 15) is 9.59 Å². The second-order valence-corrected chi connectivity index (χ2v) is 7.36. The van der Waals surface area contributed by atoms with Gasteiger partial charge in [0.25, 0.3) is 0 Å². The van der Waals surface area contributed by atoms with Crippen LogP contribution in [0.3, 0.4) is 0 Å². The highest BCUT2D eigenvalue weighted by molar-refractivity contribution is 5.83. The number of hydrogen-bond acceptors (Lipinski definition) is 4. The predicted octanol–water partition coefficient (Wildman–Crippen LogP) is 1.84. The molecule has 0 aromatic heterocycles. The molecule has 0 aliphatic carbocycles. The van der Waals surface area contributed by atoms with Crippen molar-refractivity contribution < 1.29 is 14.3 Å². The lowest BCUT2D eigenvalue weighted by Gasteiger charge is -2.35. The summed E-state index contributed by atoms with van der Waals surface area (Å²) >= 11 is 0. The summed E-state index contributed by atoms with van der Waals surface area (Å²) < 4.78 is 5.40. The molecule has 0 bridgehead atoms. The topological polar surface area (TPSA) is 61.9 Å². The number of nitrogens with one attached hydrogen (secondary N) is 1. The second kappa shape index (κ2) is 7.99. The molecule has 2 aliphatic rings. The fraction of sp³-hybridized carbons (Fsp3) is 0.882. The Morgan fingerprint density at radius 1 is 1.22 bits per heavy atom. The lowest BCUT2D eigenvalue weighted by molar-refractivity contribution is -0.131. The minimum atomic E-state index is -0.312. The molecule has 132 valence electrons. The zero-order chi connectivity index (χ0) is 17.0. The highest BCUT2D eigenvalue weighted by atomic mass is 16.6. The number of ether oxygens (including phenoxy) is 1. The summed E-state index contributed by atoms with van der Waals surface area (Å²) in [5, 5.41) is 2.97. The molecular formula is C17H31N3O3. The van der Waals surface area contributed by atoms with Crippen LogP contribution in [0.25, 0.3) is 0 Å². The van der Waals surface area contributed by atoms with Gasteiger partial charge in [-0.3, -0.25) is 9.69 Å². The molecule has 23 heavy (non-hydrogen) atoms. The van der Waals surface area contributed by atoms with E-state index in [1.807, 2.05) is 18.9 Å². The molecular weight excluding hydrogens is 294 g/mol. The summed E-state index contributed by atoms with van der Waals surface area (Å²) in [6.45, 7) is 8.74. The van der Waals surface area contributed by atoms with Crippen LogP contribution in [0, 0.1) is 5.92 Å². The van der Waals surface area contributed by atoms with E-state index in [1.54, 1.807) is 0 Å². The van der Waals surface area contributed by atoms with Gasteiger partial charge in [-0.05, 0) is 38.5 Å². The number of likely N-dealkylation sites (tertiary alicyclic amines) is 2. The van der Waals surface area contributed by atoms with Gasteiger partial charge >= 0.3 is 6.09 Å². The maximum atomic E-state index is 12.1. The van der Waals surface area contributed by atoms with Crippen LogP contribution in [0.1, 0.15) is 46.5 Å². The van der Waals surface area contributed by atoms with Crippen molar-refractivity contribution in [1.82, 2.24) is 15.1 Å². The minimum absolute atomic E-state index is 0.0407. The summed E-state index contributed by atoms with van der Waals surface area (Å²) in [5.41, 5.74) is 0. The van der Waals surface area contributed by atoms with Crippen molar-refractivity contribution in [3.05, 3.63) is 0 Å². The first-order valence-corrected chi connectivity index (χ1v) is 8.83. The zero-order valence-corrected chi connectivity index (χ0v) is 14.9. The van der Waals surface area contributed by atoms with Gasteiger partial charge in [0.2, 0.25) is 5.91 Å². The van der Waals surface area contributed by atoms with Crippen molar-refractivity contribution in [3.8, 4) is 0 Å². The van der Waals surface area contributed by atoms with Crippen molar-refractivity contribution in [3.63, 3.8) is 0 Å². The fourth-order valence-corrected chi connectivity index (χ4v) is 3.59. The molecule has 1 N–H and O–H groups in total. The van der Waals surface area contributed by atoms with Crippen LogP contribution in [0.2, 0.25) is 0 Å². The lowest BCUT2D eigenvalue weighted by atomic mass is 10.0. The van der Waals surface area contributed by atoms with E-state index in [0.29, 0.717) is 5.92 Å². The first kappa shape index (κ1) is 18.0. The van der Waals surface area contributed by atoms with Crippen molar-refractivity contribution in [2.45, 2.75) is 64.6 Å². The molecule has 0 saturated carbocycles. The Labute approximate surface area is 139 Å². The molecule has 0 radical (unpaired) electrons. The molecule has 0 spiro atoms. The molecule has 0 aromatic carbocycles. The number of amides is 2. The number of alkyl carbamates (subject to hydrolysis) is 1. The monoisotopic (exact) mass is 325 g/mol. The van der Waals surface area contributed by atoms with Gasteiger partial charge < -0.3 is 15.0 Å². The fourth-order valence-electron chi connectivity index (χ4n) is 3.59. The van der Waals surface area contributed by atoms with Gasteiger partial charge in [-0.1, -0.05) is 13.8 Å². The van der Waals surface area contributed by atoms with Crippen molar-refractivity contribution in [1.29, 1.82) is 0 Å². The average Bonchev–Trinajstić information content (AvgIpc) is 2.79. The van der Waals surface area contributed by atoms with Gasteiger partial charge in [-0.25, -0.2) is 4.79 Å². The molecule has 2 saturated heterocycles. The molecule has 2 unspecified atom stereocenters. The average molecular weight is 325 g/mol. The normalized spacial score (nSPS) is 25.0. The summed E-state index contributed by atoms with van der Waals surface area (Å²) in [4.78, 5) is 28.1. The lowest BCUT2D eigenvalue weighted by Crippen LogP contribution is -2.50. The summed E-state index contributed by atoms with van der Waals surface area (Å²) in [6, 6.07) is 0.193. The Balaban J connectivity index is 1.70. The standard InChI is InChI=1S/C17H31N3O3/c1-12(2)11-13(3)23-17(22)18-14-5-9-20(10-6-14)15-7-8-19(4)16(15)21/h12-15H,5-11H2,1-4H3,(H,18,22).